The van der Waals surface area contributed by atoms with E-state index in [2.05, 4.69) is 5.32 Å². The van der Waals surface area contributed by atoms with Crippen LogP contribution in [0.25, 0.3) is 0 Å². The lowest BCUT2D eigenvalue weighted by molar-refractivity contribution is 0.862. The lowest BCUT2D eigenvalue weighted by Gasteiger charge is -2.00. The van der Waals surface area contributed by atoms with Crippen LogP contribution in [0.1, 0.15) is 0 Å². The van der Waals surface area contributed by atoms with Gasteiger partial charge in [0, 0.05) is 6.54 Å². The first-order chi connectivity index (χ1) is 3.39. The fourth-order valence-electron chi connectivity index (χ4n) is 0.450. The average molecular weight is 94.1 g/mol. The maximum atomic E-state index is 8.61. The van der Waals surface area contributed by atoms with E-state index in [1.165, 1.54) is 0 Å². The minimum Gasteiger partial charge on any atom is -0.365 e. The molecule has 0 aromatic heterocycles. The minimum atomic E-state index is 0.252. The monoisotopic (exact) mass is 94.1 g/mol. The number of dihydropyridines is 1. The molecule has 0 aliphatic carbocycles. The molecule has 0 bridgehead atoms. The van der Waals surface area contributed by atoms with Gasteiger partial charge in [-0.1, -0.05) is 12.2 Å². The zero-order chi connectivity index (χ0) is 5.11. The van der Waals surface area contributed by atoms with E-state index in [9.17, 15) is 0 Å². The van der Waals surface area contributed by atoms with Crippen LogP contribution in [-0.2, 0) is 0 Å². The van der Waals surface area contributed by atoms with Crippen LogP contribution in [-0.4, -0.2) is 6.54 Å². The van der Waals surface area contributed by atoms with Gasteiger partial charge in [-0.3, -0.25) is 0 Å². The van der Waals surface area contributed by atoms with Gasteiger partial charge in [0.25, 0.3) is 0 Å². The van der Waals surface area contributed by atoms with Crippen molar-refractivity contribution in [2.75, 3.05) is 6.54 Å². The topological polar surface area (TPSA) is 34.3 Å². The van der Waals surface area contributed by atoms with E-state index < -0.39 is 0 Å². The van der Waals surface area contributed by atoms with E-state index >= 15 is 0 Å². The summed E-state index contributed by atoms with van der Waals surface area (Å²) >= 11 is 0. The Bertz CT molecular complexity index is 113. The molecule has 7 heavy (non-hydrogen) atoms. The number of allylic oxidation sites excluding steroid dienone is 2. The largest absolute Gasteiger partial charge is 0.365 e. The number of hydrogen-bond acceptors (Lipinski definition) is 1. The van der Waals surface area contributed by atoms with Crippen LogP contribution in [0.5, 0.6) is 0 Å². The maximum absolute atomic E-state index is 8.61. The van der Waals surface area contributed by atoms with Gasteiger partial charge >= 0.3 is 0 Å². The molecular formula is C5H6N2. The second-order valence-corrected chi connectivity index (χ2v) is 1.36. The highest BCUT2D eigenvalue weighted by molar-refractivity contribution is 5.13. The van der Waals surface area contributed by atoms with Crippen LogP contribution in [0.15, 0.2) is 24.0 Å². The van der Waals surface area contributed by atoms with Gasteiger partial charge in [0.1, 0.15) is 5.82 Å². The first kappa shape index (κ1) is 4.24. The molecule has 2 radical (unpaired) electrons. The third-order valence-electron chi connectivity index (χ3n) is 0.791. The van der Waals surface area contributed by atoms with Crippen LogP contribution in [0.3, 0.4) is 0 Å². The molecule has 0 unspecified atom stereocenters. The molecule has 2 nitrogen and oxygen atoms in total. The van der Waals surface area contributed by atoms with Gasteiger partial charge in [0.05, 0.1) is 0 Å². The number of hydrogen-bond donors (Lipinski definition) is 1. The predicted molar refractivity (Wildman–Crippen MR) is 27.4 cm³/mol. The average Bonchev–Trinajstić information content (AvgIpc) is 1.69. The molecule has 0 amide bonds. The van der Waals surface area contributed by atoms with Crippen molar-refractivity contribution in [3.63, 3.8) is 0 Å². The Labute approximate surface area is 42.7 Å². The van der Waals surface area contributed by atoms with Gasteiger partial charge in [-0.2, -0.15) is 0 Å². The first-order valence-corrected chi connectivity index (χ1v) is 2.19. The lowest BCUT2D eigenvalue weighted by Crippen LogP contribution is -2.15. The summed E-state index contributed by atoms with van der Waals surface area (Å²) in [6.45, 7) is 0.738. The van der Waals surface area contributed by atoms with Gasteiger partial charge in [0.15, 0.2) is 0 Å². The van der Waals surface area contributed by atoms with Crippen molar-refractivity contribution >= 4 is 0 Å². The highest BCUT2D eigenvalue weighted by Crippen LogP contribution is 1.87. The Morgan fingerprint density at radius 3 is 2.86 bits per heavy atom. The van der Waals surface area contributed by atoms with E-state index in [-0.39, 0.29) is 5.82 Å². The van der Waals surface area contributed by atoms with E-state index in [4.69, 9.17) is 5.73 Å². The van der Waals surface area contributed by atoms with Gasteiger partial charge in [-0.15, -0.1) is 5.73 Å². The molecule has 1 aliphatic rings. The van der Waals surface area contributed by atoms with Gasteiger partial charge in [0.2, 0.25) is 0 Å². The summed E-state index contributed by atoms with van der Waals surface area (Å²) in [6.07, 6.45) is 5.36. The molecule has 0 aromatic rings. The van der Waals surface area contributed by atoms with Gasteiger partial charge < -0.3 is 5.32 Å². The van der Waals surface area contributed by atoms with Crippen molar-refractivity contribution in [1.29, 1.82) is 0 Å². The molecule has 0 aromatic carbocycles. The van der Waals surface area contributed by atoms with Crippen LogP contribution in [0.2, 0.25) is 0 Å². The highest BCUT2D eigenvalue weighted by Gasteiger charge is 1.88. The fraction of sp³-hybridized carbons (Fsp3) is 0.200. The summed E-state index contributed by atoms with van der Waals surface area (Å²) in [6, 6.07) is 0. The molecule has 1 rings (SSSR count). The molecule has 0 fully saturated rings. The second-order valence-electron chi connectivity index (χ2n) is 1.36. The van der Waals surface area contributed by atoms with Crippen molar-refractivity contribution in [2.45, 2.75) is 0 Å². The molecule has 0 atom stereocenters. The summed E-state index contributed by atoms with van der Waals surface area (Å²) < 4.78 is 0. The number of nitrogens with zero attached hydrogens (tertiary/aromatic N) is 1. The first-order valence-electron chi connectivity index (χ1n) is 2.19. The minimum absolute atomic E-state index is 0.252. The molecule has 2 heteroatoms. The molecule has 0 saturated carbocycles. The summed E-state index contributed by atoms with van der Waals surface area (Å²) in [5.41, 5.74) is 8.61. The van der Waals surface area contributed by atoms with Crippen molar-refractivity contribution in [2.24, 2.45) is 0 Å². The van der Waals surface area contributed by atoms with Crippen molar-refractivity contribution in [3.05, 3.63) is 24.0 Å². The van der Waals surface area contributed by atoms with Crippen LogP contribution >= 0.6 is 0 Å². The SMILES string of the molecule is [N]C1=CC=CCN1. The molecule has 0 spiro atoms. The quantitative estimate of drug-likeness (QED) is 0.452. The van der Waals surface area contributed by atoms with E-state index in [1.54, 1.807) is 6.08 Å². The molecule has 1 heterocycles. The Hall–Kier alpha value is -0.920. The van der Waals surface area contributed by atoms with Crippen LogP contribution < -0.4 is 11.1 Å². The predicted octanol–water partition coefficient (Wildman–Crippen LogP) is 0.0559. The molecular weight excluding hydrogens is 88.1 g/mol. The van der Waals surface area contributed by atoms with E-state index in [0.29, 0.717) is 0 Å². The van der Waals surface area contributed by atoms with Crippen molar-refractivity contribution < 1.29 is 0 Å². The second kappa shape index (κ2) is 1.69. The maximum Gasteiger partial charge on any atom is 0.148 e. The molecule has 1 N–H and O–H groups in total. The van der Waals surface area contributed by atoms with Gasteiger partial charge in [-0.05, 0) is 6.08 Å². The molecule has 36 valence electrons. The third-order valence-corrected chi connectivity index (χ3v) is 0.791. The Morgan fingerprint density at radius 2 is 2.57 bits per heavy atom. The van der Waals surface area contributed by atoms with Gasteiger partial charge in [-0.25, -0.2) is 0 Å². The zero-order valence-electron chi connectivity index (χ0n) is 3.89. The Morgan fingerprint density at radius 1 is 1.71 bits per heavy atom. The smallest absolute Gasteiger partial charge is 0.148 e. The Balaban J connectivity index is 2.57. The third kappa shape index (κ3) is 0.961. The summed E-state index contributed by atoms with van der Waals surface area (Å²) in [5, 5.41) is 2.71. The normalized spacial score (nSPS) is 18.0. The van der Waals surface area contributed by atoms with E-state index in [0.717, 1.165) is 6.54 Å². The van der Waals surface area contributed by atoms with Crippen LogP contribution in [0, 0.1) is 0 Å². The highest BCUT2D eigenvalue weighted by atomic mass is 15.0. The number of nitrogens with one attached hydrogen (secondary N) is 1. The van der Waals surface area contributed by atoms with Crippen molar-refractivity contribution in [1.82, 2.24) is 11.1 Å². The standard InChI is InChI=1S/C5H6N2/c6-5-3-1-2-4-7-5/h1-3,7H,4H2. The lowest BCUT2D eigenvalue weighted by atomic mass is 10.4. The molecule has 0 saturated heterocycles. The number of rotatable bonds is 0. The summed E-state index contributed by atoms with van der Waals surface area (Å²) in [7, 11) is 0. The van der Waals surface area contributed by atoms with Crippen molar-refractivity contribution in [3.8, 4) is 0 Å². The zero-order valence-corrected chi connectivity index (χ0v) is 3.89. The summed E-state index contributed by atoms with van der Waals surface area (Å²) in [4.78, 5) is 0. The fourth-order valence-corrected chi connectivity index (χ4v) is 0.450. The van der Waals surface area contributed by atoms with Crippen LogP contribution in [0.4, 0.5) is 0 Å². The Kier molecular flexibility index (Phi) is 1.02. The van der Waals surface area contributed by atoms with E-state index in [1.807, 2.05) is 12.2 Å². The summed E-state index contributed by atoms with van der Waals surface area (Å²) in [5.74, 6) is 0.252. The molecule has 1 aliphatic heterocycles.